The second kappa shape index (κ2) is 6.44. The Labute approximate surface area is 97.0 Å². The minimum absolute atomic E-state index is 0.292. The van der Waals surface area contributed by atoms with Crippen LogP contribution in [0.15, 0.2) is 22.7 Å². The highest BCUT2D eigenvalue weighted by molar-refractivity contribution is 9.10. The van der Waals surface area contributed by atoms with E-state index in [1.165, 1.54) is 12.1 Å². The molecule has 0 unspecified atom stereocenters. The van der Waals surface area contributed by atoms with Crippen LogP contribution in [0.2, 0.25) is 0 Å². The third-order valence-electron chi connectivity index (χ3n) is 1.66. The lowest BCUT2D eigenvalue weighted by atomic mass is 10.3. The second-order valence-electron chi connectivity index (χ2n) is 2.80. The quantitative estimate of drug-likeness (QED) is 0.655. The average Bonchev–Trinajstić information content (AvgIpc) is 2.20. The number of ether oxygens (including phenoxy) is 1. The maximum Gasteiger partial charge on any atom is 0.133 e. The third-order valence-corrected chi connectivity index (χ3v) is 2.28. The van der Waals surface area contributed by atoms with Crippen molar-refractivity contribution in [2.24, 2.45) is 0 Å². The van der Waals surface area contributed by atoms with Gasteiger partial charge in [0.2, 0.25) is 0 Å². The molecule has 0 fully saturated rings. The van der Waals surface area contributed by atoms with Gasteiger partial charge in [0.1, 0.15) is 18.2 Å². The van der Waals surface area contributed by atoms with Crippen LogP contribution in [-0.4, -0.2) is 19.7 Å². The molecule has 0 aliphatic heterocycles. The molecule has 1 aromatic rings. The lowest BCUT2D eigenvalue weighted by Crippen LogP contribution is -2.21. The smallest absolute Gasteiger partial charge is 0.133 e. The summed E-state index contributed by atoms with van der Waals surface area (Å²) in [5.41, 5.74) is 0. The van der Waals surface area contributed by atoms with Crippen LogP contribution in [0.4, 0.5) is 4.39 Å². The van der Waals surface area contributed by atoms with Crippen LogP contribution in [0.1, 0.15) is 0 Å². The Balaban J connectivity index is 2.35. The van der Waals surface area contributed by atoms with Gasteiger partial charge in [-0.2, -0.15) is 0 Å². The molecule has 1 N–H and O–H groups in total. The van der Waals surface area contributed by atoms with Gasteiger partial charge in [-0.3, -0.25) is 0 Å². The van der Waals surface area contributed by atoms with Crippen LogP contribution in [-0.2, 0) is 0 Å². The fourth-order valence-corrected chi connectivity index (χ4v) is 1.45. The monoisotopic (exact) mass is 271 g/mol. The van der Waals surface area contributed by atoms with E-state index in [9.17, 15) is 4.39 Å². The van der Waals surface area contributed by atoms with Crippen molar-refractivity contribution in [3.8, 4) is 18.1 Å². The van der Waals surface area contributed by atoms with E-state index in [1.807, 2.05) is 0 Å². The minimum atomic E-state index is -0.292. The molecule has 0 heterocycles. The van der Waals surface area contributed by atoms with Gasteiger partial charge in [-0.05, 0) is 34.1 Å². The van der Waals surface area contributed by atoms with Crippen molar-refractivity contribution in [2.75, 3.05) is 19.7 Å². The lowest BCUT2D eigenvalue weighted by molar-refractivity contribution is 0.314. The normalized spacial score (nSPS) is 9.67. The molecular weight excluding hydrogens is 261 g/mol. The largest absolute Gasteiger partial charge is 0.491 e. The molecule has 2 nitrogen and oxygen atoms in total. The van der Waals surface area contributed by atoms with E-state index in [4.69, 9.17) is 11.2 Å². The molecule has 0 atom stereocenters. The Kier molecular flexibility index (Phi) is 5.16. The average molecular weight is 272 g/mol. The highest BCUT2D eigenvalue weighted by Gasteiger charge is 2.01. The third kappa shape index (κ3) is 4.32. The van der Waals surface area contributed by atoms with Crippen LogP contribution in [0.5, 0.6) is 5.75 Å². The second-order valence-corrected chi connectivity index (χ2v) is 3.66. The Morgan fingerprint density at radius 3 is 3.00 bits per heavy atom. The van der Waals surface area contributed by atoms with Gasteiger partial charge in [0.05, 0.1) is 11.0 Å². The molecule has 0 spiro atoms. The zero-order chi connectivity index (χ0) is 11.1. The summed E-state index contributed by atoms with van der Waals surface area (Å²) in [6, 6.07) is 4.31. The Morgan fingerprint density at radius 2 is 2.33 bits per heavy atom. The van der Waals surface area contributed by atoms with Gasteiger partial charge in [-0.1, -0.05) is 5.92 Å². The van der Waals surface area contributed by atoms with Crippen molar-refractivity contribution in [2.45, 2.75) is 0 Å². The van der Waals surface area contributed by atoms with Crippen molar-refractivity contribution in [3.05, 3.63) is 28.5 Å². The fourth-order valence-electron chi connectivity index (χ4n) is 0.986. The Morgan fingerprint density at radius 1 is 1.53 bits per heavy atom. The molecule has 0 aliphatic carbocycles. The Bertz CT molecular complexity index is 362. The molecule has 0 aliphatic rings. The summed E-state index contributed by atoms with van der Waals surface area (Å²) >= 11 is 3.21. The summed E-state index contributed by atoms with van der Waals surface area (Å²) in [6.45, 7) is 1.67. The lowest BCUT2D eigenvalue weighted by Gasteiger charge is -2.07. The van der Waals surface area contributed by atoms with Crippen LogP contribution in [0.3, 0.4) is 0 Å². The van der Waals surface area contributed by atoms with E-state index in [0.717, 1.165) is 0 Å². The summed E-state index contributed by atoms with van der Waals surface area (Å²) in [4.78, 5) is 0. The highest BCUT2D eigenvalue weighted by Crippen LogP contribution is 2.25. The van der Waals surface area contributed by atoms with Crippen molar-refractivity contribution < 1.29 is 9.13 Å². The molecule has 0 amide bonds. The van der Waals surface area contributed by atoms with Crippen LogP contribution >= 0.6 is 15.9 Å². The summed E-state index contributed by atoms with van der Waals surface area (Å²) < 4.78 is 18.7. The molecule has 0 aromatic heterocycles. The first kappa shape index (κ1) is 12.0. The molecular formula is C11H11BrFNO. The molecule has 1 aromatic carbocycles. The predicted molar refractivity (Wildman–Crippen MR) is 61.3 cm³/mol. The first-order valence-corrected chi connectivity index (χ1v) is 5.25. The van der Waals surface area contributed by atoms with Gasteiger partial charge in [0.25, 0.3) is 0 Å². The van der Waals surface area contributed by atoms with Gasteiger partial charge in [-0.15, -0.1) is 6.42 Å². The van der Waals surface area contributed by atoms with Crippen molar-refractivity contribution in [1.29, 1.82) is 0 Å². The van der Waals surface area contributed by atoms with E-state index < -0.39 is 0 Å². The number of hydrogen-bond donors (Lipinski definition) is 1. The van der Waals surface area contributed by atoms with Gasteiger partial charge in [0, 0.05) is 6.54 Å². The van der Waals surface area contributed by atoms with Gasteiger partial charge in [-0.25, -0.2) is 4.39 Å². The van der Waals surface area contributed by atoms with Crippen molar-refractivity contribution in [3.63, 3.8) is 0 Å². The number of hydrogen-bond acceptors (Lipinski definition) is 2. The van der Waals surface area contributed by atoms with E-state index in [0.29, 0.717) is 29.9 Å². The molecule has 15 heavy (non-hydrogen) atoms. The highest BCUT2D eigenvalue weighted by atomic mass is 79.9. The van der Waals surface area contributed by atoms with Gasteiger partial charge >= 0.3 is 0 Å². The molecule has 0 saturated heterocycles. The first-order valence-electron chi connectivity index (χ1n) is 4.46. The molecule has 80 valence electrons. The summed E-state index contributed by atoms with van der Waals surface area (Å²) in [6.07, 6.45) is 5.06. The fraction of sp³-hybridized carbons (Fsp3) is 0.273. The topological polar surface area (TPSA) is 21.3 Å². The van der Waals surface area contributed by atoms with Crippen molar-refractivity contribution in [1.82, 2.24) is 5.32 Å². The zero-order valence-corrected chi connectivity index (χ0v) is 9.68. The molecule has 0 saturated carbocycles. The first-order chi connectivity index (χ1) is 7.24. The maximum absolute atomic E-state index is 12.7. The Hall–Kier alpha value is -1.05. The van der Waals surface area contributed by atoms with E-state index in [1.54, 1.807) is 6.07 Å². The van der Waals surface area contributed by atoms with Crippen molar-refractivity contribution >= 4 is 15.9 Å². The SMILES string of the molecule is C#CCNCCOc1ccc(F)cc1Br. The zero-order valence-electron chi connectivity index (χ0n) is 8.09. The van der Waals surface area contributed by atoms with E-state index in [2.05, 4.69) is 27.2 Å². The number of halogens is 2. The number of terminal acetylenes is 1. The summed E-state index contributed by atoms with van der Waals surface area (Å²) in [5, 5.41) is 2.99. The summed E-state index contributed by atoms with van der Waals surface area (Å²) in [5.74, 6) is 2.79. The van der Waals surface area contributed by atoms with E-state index in [-0.39, 0.29) is 5.82 Å². The van der Waals surface area contributed by atoms with Crippen LogP contribution in [0.25, 0.3) is 0 Å². The molecule has 4 heteroatoms. The molecule has 0 radical (unpaired) electrons. The summed E-state index contributed by atoms with van der Waals surface area (Å²) in [7, 11) is 0. The minimum Gasteiger partial charge on any atom is -0.491 e. The molecule has 0 bridgehead atoms. The van der Waals surface area contributed by atoms with Crippen LogP contribution in [0, 0.1) is 18.2 Å². The predicted octanol–water partition coefficient (Wildman–Crippen LogP) is 2.19. The number of benzene rings is 1. The van der Waals surface area contributed by atoms with Crippen LogP contribution < -0.4 is 10.1 Å². The molecule has 1 rings (SSSR count). The standard InChI is InChI=1S/C11H11BrFNO/c1-2-5-14-6-7-15-11-4-3-9(13)8-10(11)12/h1,3-4,8,14H,5-7H2. The maximum atomic E-state index is 12.7. The number of rotatable bonds is 5. The van der Waals surface area contributed by atoms with Gasteiger partial charge in [0.15, 0.2) is 0 Å². The number of nitrogens with one attached hydrogen (secondary N) is 1. The van der Waals surface area contributed by atoms with Gasteiger partial charge < -0.3 is 10.1 Å². The van der Waals surface area contributed by atoms with E-state index >= 15 is 0 Å².